The molecule has 0 saturated carbocycles. The first-order chi connectivity index (χ1) is 3.12. The first kappa shape index (κ1) is 6.91. The fourth-order valence-electron chi connectivity index (χ4n) is 0.0962. The average molecular weight is 123 g/mol. The number of hydrogen-bond acceptors (Lipinski definition) is 3. The summed E-state index contributed by atoms with van der Waals surface area (Å²) in [7, 11) is -2.16. The van der Waals surface area contributed by atoms with Crippen molar-refractivity contribution in [3.8, 4) is 0 Å². The topological polar surface area (TPSA) is 43.4 Å². The Morgan fingerprint density at radius 3 is 2.00 bits per heavy atom. The monoisotopic (exact) mass is 123 g/mol. The van der Waals surface area contributed by atoms with Gasteiger partial charge in [-0.25, -0.2) is 0 Å². The Bertz CT molecular complexity index is 113. The van der Waals surface area contributed by atoms with E-state index in [1.165, 1.54) is 6.92 Å². The summed E-state index contributed by atoms with van der Waals surface area (Å²) in [5.41, 5.74) is 0. The third-order valence-corrected chi connectivity index (χ3v) is 1.56. The van der Waals surface area contributed by atoms with Crippen LogP contribution in [0.15, 0.2) is 0 Å². The molecule has 0 amide bonds. The molecule has 0 atom stereocenters. The van der Waals surface area contributed by atoms with Crippen molar-refractivity contribution in [1.29, 1.82) is 0 Å². The predicted octanol–water partition coefficient (Wildman–Crippen LogP) is 0.144. The van der Waals surface area contributed by atoms with Gasteiger partial charge in [-0.2, -0.15) is 8.42 Å². The fourth-order valence-corrected chi connectivity index (χ4v) is 0.289. The largest absolute Gasteiger partial charge is 0.273 e. The Hall–Kier alpha value is -0.0900. The second-order valence-corrected chi connectivity index (χ2v) is 2.69. The molecule has 0 N–H and O–H groups in total. The van der Waals surface area contributed by atoms with Crippen LogP contribution in [0.4, 0.5) is 0 Å². The first-order valence-corrected chi connectivity index (χ1v) is 3.19. The van der Waals surface area contributed by atoms with E-state index in [1.807, 2.05) is 0 Å². The molecule has 0 saturated heterocycles. The van der Waals surface area contributed by atoms with Gasteiger partial charge < -0.3 is 0 Å². The lowest BCUT2D eigenvalue weighted by Crippen LogP contribution is -1.98. The summed E-state index contributed by atoms with van der Waals surface area (Å²) >= 11 is 0. The minimum absolute atomic E-state index is 0.993. The summed E-state index contributed by atoms with van der Waals surface area (Å²) in [5.74, 6) is 0.993. The highest BCUT2D eigenvalue weighted by atomic mass is 32.2. The molecule has 0 unspecified atom stereocenters. The molecule has 0 aromatic carbocycles. The van der Waals surface area contributed by atoms with Gasteiger partial charge in [-0.3, -0.25) is 4.18 Å². The molecule has 0 spiro atoms. The van der Waals surface area contributed by atoms with Crippen LogP contribution in [0.25, 0.3) is 0 Å². The maximum absolute atomic E-state index is 10.1. The van der Waals surface area contributed by atoms with Crippen LogP contribution in [0, 0.1) is 5.75 Å². The van der Waals surface area contributed by atoms with Crippen molar-refractivity contribution in [2.75, 3.05) is 7.11 Å². The zero-order valence-corrected chi connectivity index (χ0v) is 5.03. The molecule has 0 aromatic heterocycles. The van der Waals surface area contributed by atoms with Gasteiger partial charge in [0, 0.05) is 0 Å². The van der Waals surface area contributed by atoms with E-state index in [1.54, 1.807) is 0 Å². The van der Waals surface area contributed by atoms with Crippen LogP contribution in [-0.2, 0) is 14.3 Å². The van der Waals surface area contributed by atoms with Crippen LogP contribution < -0.4 is 0 Å². The molecule has 0 bridgehead atoms. The van der Waals surface area contributed by atoms with Crippen LogP contribution >= 0.6 is 0 Å². The third kappa shape index (κ3) is 2.59. The molecule has 0 aromatic rings. The minimum atomic E-state index is -3.28. The van der Waals surface area contributed by atoms with Crippen molar-refractivity contribution < 1.29 is 12.6 Å². The van der Waals surface area contributed by atoms with Crippen molar-refractivity contribution in [2.24, 2.45) is 0 Å². The van der Waals surface area contributed by atoms with Crippen molar-refractivity contribution in [2.45, 2.75) is 6.92 Å². The van der Waals surface area contributed by atoms with Gasteiger partial charge in [0.05, 0.1) is 7.11 Å². The van der Waals surface area contributed by atoms with Crippen LogP contribution in [0.1, 0.15) is 6.92 Å². The van der Waals surface area contributed by atoms with E-state index < -0.39 is 10.1 Å². The maximum Gasteiger partial charge on any atom is 0.271 e. The van der Waals surface area contributed by atoms with Crippen LogP contribution in [-0.4, -0.2) is 15.5 Å². The average Bonchev–Trinajstić information content (AvgIpc) is 1.68. The molecular weight excluding hydrogens is 116 g/mol. The zero-order chi connectivity index (χ0) is 5.91. The molecule has 43 valence electrons. The summed E-state index contributed by atoms with van der Waals surface area (Å²) in [6.45, 7) is 1.40. The van der Waals surface area contributed by atoms with Gasteiger partial charge in [-0.15, -0.1) is 0 Å². The Kier molecular flexibility index (Phi) is 2.25. The Morgan fingerprint density at radius 1 is 1.57 bits per heavy atom. The highest BCUT2D eigenvalue weighted by Gasteiger charge is 2.00. The number of rotatable bonds is 2. The number of hydrogen-bond donors (Lipinski definition) is 0. The maximum atomic E-state index is 10.1. The van der Waals surface area contributed by atoms with E-state index in [0.29, 0.717) is 0 Å². The smallest absolute Gasteiger partial charge is 0.271 e. The summed E-state index contributed by atoms with van der Waals surface area (Å²) in [5, 5.41) is 0. The van der Waals surface area contributed by atoms with Gasteiger partial charge in [0.25, 0.3) is 10.1 Å². The van der Waals surface area contributed by atoms with Gasteiger partial charge in [-0.1, -0.05) is 0 Å². The highest BCUT2D eigenvalue weighted by Crippen LogP contribution is 1.91. The normalized spacial score (nSPS) is 11.7. The Balaban J connectivity index is 3.89. The zero-order valence-electron chi connectivity index (χ0n) is 4.21. The van der Waals surface area contributed by atoms with Gasteiger partial charge >= 0.3 is 0 Å². The molecule has 1 radical (unpaired) electrons. The van der Waals surface area contributed by atoms with Crippen molar-refractivity contribution >= 4 is 10.1 Å². The van der Waals surface area contributed by atoms with E-state index >= 15 is 0 Å². The minimum Gasteiger partial charge on any atom is -0.273 e. The van der Waals surface area contributed by atoms with E-state index in [2.05, 4.69) is 4.18 Å². The molecule has 0 aliphatic heterocycles. The van der Waals surface area contributed by atoms with Gasteiger partial charge in [-0.05, 0) is 6.92 Å². The molecule has 0 aliphatic carbocycles. The third-order valence-electron chi connectivity index (χ3n) is 0.521. The molecule has 0 heterocycles. The van der Waals surface area contributed by atoms with Gasteiger partial charge in [0.1, 0.15) is 5.75 Å². The lowest BCUT2D eigenvalue weighted by atomic mass is 11.0. The molecular formula is C3H7O3S. The van der Waals surface area contributed by atoms with Crippen LogP contribution in [0.2, 0.25) is 0 Å². The summed E-state index contributed by atoms with van der Waals surface area (Å²) in [6, 6.07) is 0. The Labute approximate surface area is 43.4 Å². The van der Waals surface area contributed by atoms with Crippen LogP contribution in [0.3, 0.4) is 0 Å². The molecule has 0 fully saturated rings. The lowest BCUT2D eigenvalue weighted by molar-refractivity contribution is 0.403. The standard InChI is InChI=1S/C3H7O3S/c1-3-7(4,5)6-2/h3H,1-2H3. The predicted molar refractivity (Wildman–Crippen MR) is 25.9 cm³/mol. The summed E-state index contributed by atoms with van der Waals surface area (Å²) in [4.78, 5) is 0. The van der Waals surface area contributed by atoms with Gasteiger partial charge in [0.15, 0.2) is 0 Å². The van der Waals surface area contributed by atoms with E-state index in [-0.39, 0.29) is 0 Å². The van der Waals surface area contributed by atoms with E-state index in [4.69, 9.17) is 0 Å². The van der Waals surface area contributed by atoms with Crippen LogP contribution in [0.5, 0.6) is 0 Å². The summed E-state index contributed by atoms with van der Waals surface area (Å²) in [6.07, 6.45) is 0. The van der Waals surface area contributed by atoms with Crippen molar-refractivity contribution in [1.82, 2.24) is 0 Å². The van der Waals surface area contributed by atoms with Gasteiger partial charge in [0.2, 0.25) is 0 Å². The second kappa shape index (κ2) is 2.28. The fraction of sp³-hybridized carbons (Fsp3) is 0.667. The van der Waals surface area contributed by atoms with Crippen molar-refractivity contribution in [3.05, 3.63) is 5.75 Å². The Morgan fingerprint density at radius 2 is 2.00 bits per heavy atom. The first-order valence-electron chi connectivity index (χ1n) is 1.72. The molecule has 0 rings (SSSR count). The van der Waals surface area contributed by atoms with E-state index in [9.17, 15) is 8.42 Å². The van der Waals surface area contributed by atoms with E-state index in [0.717, 1.165) is 12.9 Å². The molecule has 7 heavy (non-hydrogen) atoms. The van der Waals surface area contributed by atoms with Crippen molar-refractivity contribution in [3.63, 3.8) is 0 Å². The second-order valence-electron chi connectivity index (χ2n) is 0.895. The lowest BCUT2D eigenvalue weighted by Gasteiger charge is -1.90. The molecule has 3 nitrogen and oxygen atoms in total. The SMILES string of the molecule is C[CH]S(=O)(=O)OC. The highest BCUT2D eigenvalue weighted by molar-refractivity contribution is 7.88. The quantitative estimate of drug-likeness (QED) is 0.491. The molecule has 0 aliphatic rings. The summed E-state index contributed by atoms with van der Waals surface area (Å²) < 4.78 is 24.2. The molecule has 4 heteroatoms.